The second-order valence-electron chi connectivity index (χ2n) is 6.40. The Hall–Kier alpha value is -3.14. The number of aryl methyl sites for hydroxylation is 1. The van der Waals surface area contributed by atoms with Crippen molar-refractivity contribution in [1.29, 1.82) is 0 Å². The number of carbonyl (C=O) groups is 1. The van der Waals surface area contributed by atoms with Gasteiger partial charge >= 0.3 is 0 Å². The standard InChI is InChI=1S/C22H23N3O/c1-17-8-6-7-11-19(17)14-22(26)24-20-12-13-21(23-15-20)25(2)16-18-9-4-3-5-10-18/h3-13,15H,14,16H2,1-2H3,(H,24,26). The van der Waals surface area contributed by atoms with Gasteiger partial charge in [0.15, 0.2) is 0 Å². The molecule has 0 bridgehead atoms. The Kier molecular flexibility index (Phi) is 5.64. The van der Waals surface area contributed by atoms with Crippen molar-refractivity contribution in [2.75, 3.05) is 17.3 Å². The van der Waals surface area contributed by atoms with Crippen LogP contribution in [0.5, 0.6) is 0 Å². The minimum atomic E-state index is -0.0357. The van der Waals surface area contributed by atoms with E-state index in [1.54, 1.807) is 6.20 Å². The zero-order chi connectivity index (χ0) is 18.4. The van der Waals surface area contributed by atoms with E-state index in [-0.39, 0.29) is 5.91 Å². The highest BCUT2D eigenvalue weighted by Crippen LogP contribution is 2.16. The second kappa shape index (κ2) is 8.30. The van der Waals surface area contributed by atoms with Crippen LogP contribution in [-0.4, -0.2) is 17.9 Å². The summed E-state index contributed by atoms with van der Waals surface area (Å²) in [5.74, 6) is 0.831. The molecule has 4 nitrogen and oxygen atoms in total. The Labute approximate surface area is 154 Å². The summed E-state index contributed by atoms with van der Waals surface area (Å²) >= 11 is 0. The fourth-order valence-electron chi connectivity index (χ4n) is 2.81. The molecule has 0 aliphatic rings. The van der Waals surface area contributed by atoms with Crippen LogP contribution in [0.4, 0.5) is 11.5 Å². The van der Waals surface area contributed by atoms with Gasteiger partial charge in [0, 0.05) is 13.6 Å². The van der Waals surface area contributed by atoms with Crippen LogP contribution in [0.15, 0.2) is 72.9 Å². The predicted molar refractivity (Wildman–Crippen MR) is 106 cm³/mol. The first-order valence-corrected chi connectivity index (χ1v) is 8.67. The maximum absolute atomic E-state index is 12.2. The first kappa shape index (κ1) is 17.7. The molecule has 3 aromatic rings. The fourth-order valence-corrected chi connectivity index (χ4v) is 2.81. The lowest BCUT2D eigenvalue weighted by Crippen LogP contribution is -2.18. The van der Waals surface area contributed by atoms with Gasteiger partial charge in [-0.2, -0.15) is 0 Å². The molecule has 0 fully saturated rings. The summed E-state index contributed by atoms with van der Waals surface area (Å²) in [6.07, 6.45) is 2.06. The molecule has 1 N–H and O–H groups in total. The van der Waals surface area contributed by atoms with Gasteiger partial charge in [0.25, 0.3) is 0 Å². The molecule has 0 unspecified atom stereocenters. The van der Waals surface area contributed by atoms with Crippen molar-refractivity contribution in [3.8, 4) is 0 Å². The number of anilines is 2. The molecule has 1 aromatic heterocycles. The molecule has 3 rings (SSSR count). The second-order valence-corrected chi connectivity index (χ2v) is 6.40. The molecule has 0 aliphatic heterocycles. The number of rotatable bonds is 6. The van der Waals surface area contributed by atoms with E-state index in [1.165, 1.54) is 5.56 Å². The molecular weight excluding hydrogens is 322 g/mol. The van der Waals surface area contributed by atoms with Crippen molar-refractivity contribution < 1.29 is 4.79 Å². The Bertz CT molecular complexity index is 860. The molecule has 1 heterocycles. The number of carbonyl (C=O) groups excluding carboxylic acids is 1. The van der Waals surface area contributed by atoms with Gasteiger partial charge < -0.3 is 10.2 Å². The van der Waals surface area contributed by atoms with Gasteiger partial charge in [-0.05, 0) is 35.7 Å². The van der Waals surface area contributed by atoms with Gasteiger partial charge in [-0.1, -0.05) is 54.6 Å². The van der Waals surface area contributed by atoms with Crippen LogP contribution < -0.4 is 10.2 Å². The van der Waals surface area contributed by atoms with E-state index in [9.17, 15) is 4.79 Å². The van der Waals surface area contributed by atoms with E-state index in [0.717, 1.165) is 23.5 Å². The van der Waals surface area contributed by atoms with Gasteiger partial charge in [0.1, 0.15) is 5.82 Å². The average Bonchev–Trinajstić information content (AvgIpc) is 2.65. The van der Waals surface area contributed by atoms with Crippen LogP contribution in [0.25, 0.3) is 0 Å². The number of benzene rings is 2. The zero-order valence-corrected chi connectivity index (χ0v) is 15.1. The molecule has 132 valence electrons. The molecule has 0 spiro atoms. The molecule has 0 saturated carbocycles. The molecule has 0 radical (unpaired) electrons. The number of aromatic nitrogens is 1. The zero-order valence-electron chi connectivity index (χ0n) is 15.1. The van der Waals surface area contributed by atoms with E-state index in [2.05, 4.69) is 27.3 Å². The lowest BCUT2D eigenvalue weighted by molar-refractivity contribution is -0.115. The van der Waals surface area contributed by atoms with Crippen LogP contribution >= 0.6 is 0 Å². The largest absolute Gasteiger partial charge is 0.355 e. The van der Waals surface area contributed by atoms with E-state index in [1.807, 2.05) is 68.6 Å². The Morgan fingerprint density at radius 2 is 1.73 bits per heavy atom. The van der Waals surface area contributed by atoms with Gasteiger partial charge in [0.05, 0.1) is 18.3 Å². The first-order valence-electron chi connectivity index (χ1n) is 8.67. The number of nitrogens with zero attached hydrogens (tertiary/aromatic N) is 2. The maximum atomic E-state index is 12.2. The predicted octanol–water partition coefficient (Wildman–Crippen LogP) is 4.21. The molecule has 2 aromatic carbocycles. The Balaban J connectivity index is 1.59. The highest BCUT2D eigenvalue weighted by molar-refractivity contribution is 5.92. The van der Waals surface area contributed by atoms with Crippen molar-refractivity contribution in [2.45, 2.75) is 19.9 Å². The molecule has 0 aliphatic carbocycles. The van der Waals surface area contributed by atoms with Crippen molar-refractivity contribution >= 4 is 17.4 Å². The number of amides is 1. The van der Waals surface area contributed by atoms with E-state index in [0.29, 0.717) is 12.1 Å². The highest BCUT2D eigenvalue weighted by Gasteiger charge is 2.08. The van der Waals surface area contributed by atoms with Crippen LogP contribution in [0, 0.1) is 6.92 Å². The van der Waals surface area contributed by atoms with Crippen molar-refractivity contribution in [3.63, 3.8) is 0 Å². The average molecular weight is 345 g/mol. The summed E-state index contributed by atoms with van der Waals surface area (Å²) in [6.45, 7) is 2.80. The maximum Gasteiger partial charge on any atom is 0.228 e. The number of hydrogen-bond donors (Lipinski definition) is 1. The first-order chi connectivity index (χ1) is 12.6. The minimum absolute atomic E-state index is 0.0357. The molecule has 26 heavy (non-hydrogen) atoms. The highest BCUT2D eigenvalue weighted by atomic mass is 16.1. The number of pyridine rings is 1. The van der Waals surface area contributed by atoms with E-state index >= 15 is 0 Å². The van der Waals surface area contributed by atoms with E-state index in [4.69, 9.17) is 0 Å². The van der Waals surface area contributed by atoms with Crippen molar-refractivity contribution in [1.82, 2.24) is 4.98 Å². The topological polar surface area (TPSA) is 45.2 Å². The molecule has 0 atom stereocenters. The van der Waals surface area contributed by atoms with Crippen LogP contribution in [0.1, 0.15) is 16.7 Å². The Morgan fingerprint density at radius 3 is 2.42 bits per heavy atom. The lowest BCUT2D eigenvalue weighted by Gasteiger charge is -2.18. The smallest absolute Gasteiger partial charge is 0.228 e. The number of hydrogen-bond acceptors (Lipinski definition) is 3. The van der Waals surface area contributed by atoms with Crippen LogP contribution in [0.3, 0.4) is 0 Å². The van der Waals surface area contributed by atoms with Gasteiger partial charge in [-0.25, -0.2) is 4.98 Å². The van der Waals surface area contributed by atoms with Gasteiger partial charge in [-0.3, -0.25) is 4.79 Å². The Morgan fingerprint density at radius 1 is 1.00 bits per heavy atom. The summed E-state index contributed by atoms with van der Waals surface area (Å²) in [5, 5.41) is 2.91. The minimum Gasteiger partial charge on any atom is -0.355 e. The lowest BCUT2D eigenvalue weighted by atomic mass is 10.1. The normalized spacial score (nSPS) is 10.4. The van der Waals surface area contributed by atoms with Crippen LogP contribution in [-0.2, 0) is 17.8 Å². The van der Waals surface area contributed by atoms with Gasteiger partial charge in [-0.15, -0.1) is 0 Å². The quantitative estimate of drug-likeness (QED) is 0.728. The van der Waals surface area contributed by atoms with Crippen molar-refractivity contribution in [3.05, 3.63) is 89.6 Å². The van der Waals surface area contributed by atoms with Crippen molar-refractivity contribution in [2.24, 2.45) is 0 Å². The molecule has 1 amide bonds. The SMILES string of the molecule is Cc1ccccc1CC(=O)Nc1ccc(N(C)Cc2ccccc2)nc1. The molecule has 0 saturated heterocycles. The van der Waals surface area contributed by atoms with Crippen LogP contribution in [0.2, 0.25) is 0 Å². The summed E-state index contributed by atoms with van der Waals surface area (Å²) in [4.78, 5) is 18.8. The summed E-state index contributed by atoms with van der Waals surface area (Å²) < 4.78 is 0. The molecular formula is C22H23N3O. The van der Waals surface area contributed by atoms with Gasteiger partial charge in [0.2, 0.25) is 5.91 Å². The monoisotopic (exact) mass is 345 g/mol. The fraction of sp³-hybridized carbons (Fsp3) is 0.182. The van der Waals surface area contributed by atoms with E-state index < -0.39 is 0 Å². The third-order valence-electron chi connectivity index (χ3n) is 4.30. The molecule has 4 heteroatoms. The third-order valence-corrected chi connectivity index (χ3v) is 4.30. The summed E-state index contributed by atoms with van der Waals surface area (Å²) in [6, 6.07) is 22.0. The third kappa shape index (κ3) is 4.70. The summed E-state index contributed by atoms with van der Waals surface area (Å²) in [5.41, 5.74) is 4.10. The number of nitrogens with one attached hydrogen (secondary N) is 1. The summed E-state index contributed by atoms with van der Waals surface area (Å²) in [7, 11) is 2.01.